The number of carboxylic acid groups (broad SMARTS) is 1. The van der Waals surface area contributed by atoms with Gasteiger partial charge >= 0.3 is 5.97 Å². The van der Waals surface area contributed by atoms with Gasteiger partial charge in [-0.15, -0.1) is 0 Å². The topological polar surface area (TPSA) is 57.6 Å². The Hall–Kier alpha value is -1.06. The molecule has 1 saturated heterocycles. The van der Waals surface area contributed by atoms with Crippen LogP contribution in [-0.4, -0.2) is 34.5 Å². The van der Waals surface area contributed by atoms with E-state index in [1.54, 1.807) is 4.90 Å². The fraction of sp³-hybridized carbons (Fsp3) is 0.833. The van der Waals surface area contributed by atoms with Crippen LogP contribution >= 0.6 is 0 Å². The summed E-state index contributed by atoms with van der Waals surface area (Å²) in [6.45, 7) is 2.72. The largest absolute Gasteiger partial charge is 0.480 e. The first-order valence-electron chi connectivity index (χ1n) is 6.14. The van der Waals surface area contributed by atoms with Gasteiger partial charge in [0, 0.05) is 12.5 Å². The molecule has 3 unspecified atom stereocenters. The van der Waals surface area contributed by atoms with Crippen LogP contribution in [0.3, 0.4) is 0 Å². The van der Waals surface area contributed by atoms with Crippen molar-refractivity contribution < 1.29 is 14.7 Å². The Kier molecular flexibility index (Phi) is 3.17. The van der Waals surface area contributed by atoms with Crippen LogP contribution < -0.4 is 0 Å². The number of hydrogen-bond acceptors (Lipinski definition) is 2. The molecule has 2 fully saturated rings. The number of carbonyl (C=O) groups excluding carboxylic acids is 1. The van der Waals surface area contributed by atoms with Gasteiger partial charge in [-0.1, -0.05) is 13.3 Å². The monoisotopic (exact) mass is 225 g/mol. The predicted molar refractivity (Wildman–Crippen MR) is 58.9 cm³/mol. The Labute approximate surface area is 95.6 Å². The van der Waals surface area contributed by atoms with E-state index in [0.717, 1.165) is 25.7 Å². The lowest BCUT2D eigenvalue weighted by Gasteiger charge is -2.26. The van der Waals surface area contributed by atoms with Crippen LogP contribution in [0.1, 0.15) is 39.0 Å². The van der Waals surface area contributed by atoms with Crippen LogP contribution in [0.2, 0.25) is 0 Å². The summed E-state index contributed by atoms with van der Waals surface area (Å²) in [5.74, 6) is -0.283. The molecule has 90 valence electrons. The Bertz CT molecular complexity index is 303. The summed E-state index contributed by atoms with van der Waals surface area (Å²) in [7, 11) is 0. The first kappa shape index (κ1) is 11.4. The van der Waals surface area contributed by atoms with Crippen molar-refractivity contribution in [3.63, 3.8) is 0 Å². The van der Waals surface area contributed by atoms with E-state index in [-0.39, 0.29) is 11.8 Å². The predicted octanol–water partition coefficient (Wildman–Crippen LogP) is 1.50. The van der Waals surface area contributed by atoms with Crippen LogP contribution in [0.5, 0.6) is 0 Å². The van der Waals surface area contributed by atoms with E-state index in [2.05, 4.69) is 6.92 Å². The molecule has 1 aliphatic carbocycles. The smallest absolute Gasteiger partial charge is 0.326 e. The molecule has 4 nitrogen and oxygen atoms in total. The lowest BCUT2D eigenvalue weighted by Crippen LogP contribution is -2.44. The summed E-state index contributed by atoms with van der Waals surface area (Å²) in [6.07, 6.45) is 4.57. The fourth-order valence-corrected chi connectivity index (χ4v) is 3.01. The summed E-state index contributed by atoms with van der Waals surface area (Å²) in [5.41, 5.74) is 0. The zero-order chi connectivity index (χ0) is 11.7. The zero-order valence-electron chi connectivity index (χ0n) is 9.69. The molecule has 0 aromatic rings. The van der Waals surface area contributed by atoms with E-state index in [1.165, 1.54) is 0 Å². The first-order valence-corrected chi connectivity index (χ1v) is 6.14. The highest BCUT2D eigenvalue weighted by atomic mass is 16.4. The number of hydrogen-bond donors (Lipinski definition) is 1. The van der Waals surface area contributed by atoms with Crippen molar-refractivity contribution in [2.75, 3.05) is 6.54 Å². The van der Waals surface area contributed by atoms with Gasteiger partial charge in [0.2, 0.25) is 5.91 Å². The molecule has 2 aliphatic rings. The minimum Gasteiger partial charge on any atom is -0.480 e. The summed E-state index contributed by atoms with van der Waals surface area (Å²) in [4.78, 5) is 24.8. The molecule has 1 N–H and O–H groups in total. The third-order valence-electron chi connectivity index (χ3n) is 4.00. The van der Waals surface area contributed by atoms with Gasteiger partial charge in [0.05, 0.1) is 0 Å². The van der Waals surface area contributed by atoms with Crippen LogP contribution in [0.25, 0.3) is 0 Å². The normalized spacial score (nSPS) is 34.3. The van der Waals surface area contributed by atoms with E-state index >= 15 is 0 Å². The van der Waals surface area contributed by atoms with Crippen LogP contribution in [-0.2, 0) is 9.59 Å². The summed E-state index contributed by atoms with van der Waals surface area (Å²) in [5, 5.41) is 9.05. The molecule has 0 radical (unpaired) electrons. The Morgan fingerprint density at radius 2 is 1.94 bits per heavy atom. The maximum Gasteiger partial charge on any atom is 0.326 e. The fourth-order valence-electron chi connectivity index (χ4n) is 3.01. The molecule has 0 bridgehead atoms. The van der Waals surface area contributed by atoms with Gasteiger partial charge < -0.3 is 10.0 Å². The second-order valence-corrected chi connectivity index (χ2v) is 5.04. The Morgan fingerprint density at radius 1 is 1.19 bits per heavy atom. The number of carboxylic acids is 1. The molecule has 0 spiro atoms. The standard InChI is InChI=1S/C12H19NO3/c1-8-4-2-5-9(8)11(14)13-7-3-6-10(13)12(15)16/h8-10H,2-7H2,1H3,(H,15,16). The van der Waals surface area contributed by atoms with Crippen molar-refractivity contribution in [3.8, 4) is 0 Å². The highest BCUT2D eigenvalue weighted by Crippen LogP contribution is 2.34. The van der Waals surface area contributed by atoms with Gasteiger partial charge in [0.25, 0.3) is 0 Å². The summed E-state index contributed by atoms with van der Waals surface area (Å²) < 4.78 is 0. The molecule has 2 rings (SSSR count). The van der Waals surface area contributed by atoms with E-state index < -0.39 is 12.0 Å². The number of likely N-dealkylation sites (tertiary alicyclic amines) is 1. The number of carbonyl (C=O) groups is 2. The molecule has 16 heavy (non-hydrogen) atoms. The van der Waals surface area contributed by atoms with Gasteiger partial charge in [0.1, 0.15) is 6.04 Å². The Morgan fingerprint density at radius 3 is 2.50 bits per heavy atom. The molecule has 1 saturated carbocycles. The van der Waals surface area contributed by atoms with Crippen molar-refractivity contribution in [2.24, 2.45) is 11.8 Å². The number of rotatable bonds is 2. The van der Waals surface area contributed by atoms with Crippen LogP contribution in [0.15, 0.2) is 0 Å². The number of aliphatic carboxylic acids is 1. The first-order chi connectivity index (χ1) is 7.61. The third-order valence-corrected chi connectivity index (χ3v) is 4.00. The van der Waals surface area contributed by atoms with Crippen molar-refractivity contribution in [3.05, 3.63) is 0 Å². The van der Waals surface area contributed by atoms with E-state index in [9.17, 15) is 9.59 Å². The number of amides is 1. The molecule has 4 heteroatoms. The van der Waals surface area contributed by atoms with Gasteiger partial charge in [-0.2, -0.15) is 0 Å². The maximum atomic E-state index is 12.2. The van der Waals surface area contributed by atoms with Crippen molar-refractivity contribution >= 4 is 11.9 Å². The third kappa shape index (κ3) is 1.93. The molecule has 0 aromatic heterocycles. The minimum absolute atomic E-state index is 0.0694. The van der Waals surface area contributed by atoms with E-state index in [0.29, 0.717) is 18.9 Å². The molecular weight excluding hydrogens is 206 g/mol. The van der Waals surface area contributed by atoms with Gasteiger partial charge in [-0.05, 0) is 31.6 Å². The average molecular weight is 225 g/mol. The van der Waals surface area contributed by atoms with Crippen molar-refractivity contribution in [1.82, 2.24) is 4.90 Å². The van der Waals surface area contributed by atoms with E-state index in [1.807, 2.05) is 0 Å². The van der Waals surface area contributed by atoms with Crippen LogP contribution in [0, 0.1) is 11.8 Å². The second kappa shape index (κ2) is 4.44. The minimum atomic E-state index is -0.850. The SMILES string of the molecule is CC1CCCC1C(=O)N1CCCC1C(=O)O. The lowest BCUT2D eigenvalue weighted by atomic mass is 9.96. The summed E-state index contributed by atoms with van der Waals surface area (Å²) >= 11 is 0. The highest BCUT2D eigenvalue weighted by molar-refractivity contribution is 5.86. The van der Waals surface area contributed by atoms with Gasteiger partial charge in [-0.3, -0.25) is 4.79 Å². The van der Waals surface area contributed by atoms with Crippen molar-refractivity contribution in [1.29, 1.82) is 0 Å². The Balaban J connectivity index is 2.06. The highest BCUT2D eigenvalue weighted by Gasteiger charge is 2.39. The van der Waals surface area contributed by atoms with Crippen molar-refractivity contribution in [2.45, 2.75) is 45.1 Å². The van der Waals surface area contributed by atoms with Crippen LogP contribution in [0.4, 0.5) is 0 Å². The molecular formula is C12H19NO3. The molecule has 0 aromatic carbocycles. The maximum absolute atomic E-state index is 12.2. The quantitative estimate of drug-likeness (QED) is 0.774. The molecule has 3 atom stereocenters. The molecule has 1 aliphatic heterocycles. The second-order valence-electron chi connectivity index (χ2n) is 5.04. The lowest BCUT2D eigenvalue weighted by molar-refractivity contribution is -0.150. The molecule has 1 heterocycles. The average Bonchev–Trinajstić information content (AvgIpc) is 2.84. The number of nitrogens with zero attached hydrogens (tertiary/aromatic N) is 1. The summed E-state index contributed by atoms with van der Waals surface area (Å²) in [6, 6.07) is -0.569. The van der Waals surface area contributed by atoms with E-state index in [4.69, 9.17) is 5.11 Å². The zero-order valence-corrected chi connectivity index (χ0v) is 9.69. The van der Waals surface area contributed by atoms with Gasteiger partial charge in [0.15, 0.2) is 0 Å². The molecule has 1 amide bonds. The van der Waals surface area contributed by atoms with Gasteiger partial charge in [-0.25, -0.2) is 4.79 Å².